The highest BCUT2D eigenvalue weighted by Gasteiger charge is 2.45. The minimum atomic E-state index is -1.31. The highest BCUT2D eigenvalue weighted by Crippen LogP contribution is 2.41. The second-order valence-corrected chi connectivity index (χ2v) is 8.04. The number of nitro benzene ring substituents is 1. The Labute approximate surface area is 201 Å². The molecule has 2 aliphatic rings. The number of nitrogens with zero attached hydrogens (tertiary/aromatic N) is 3. The van der Waals surface area contributed by atoms with Crippen molar-refractivity contribution in [2.24, 2.45) is 0 Å². The zero-order valence-corrected chi connectivity index (χ0v) is 19.2. The first-order valence-corrected chi connectivity index (χ1v) is 11.0. The van der Waals surface area contributed by atoms with E-state index in [2.05, 4.69) is 0 Å². The smallest absolute Gasteiger partial charge is 0.416 e. The summed E-state index contributed by atoms with van der Waals surface area (Å²) in [4.78, 5) is 39.3. The first-order chi connectivity index (χ1) is 16.8. The van der Waals surface area contributed by atoms with E-state index in [9.17, 15) is 24.8 Å². The molecule has 2 aromatic rings. The summed E-state index contributed by atoms with van der Waals surface area (Å²) < 4.78 is 16.1. The maximum Gasteiger partial charge on any atom is 0.416 e. The van der Waals surface area contributed by atoms with Gasteiger partial charge in [0.15, 0.2) is 17.7 Å². The van der Waals surface area contributed by atoms with Gasteiger partial charge in [-0.1, -0.05) is 6.08 Å². The van der Waals surface area contributed by atoms with Crippen molar-refractivity contribution in [1.29, 1.82) is 0 Å². The highest BCUT2D eigenvalue weighted by molar-refractivity contribution is 6.06. The number of carbonyl (C=O) groups excluding carboxylic acids is 2. The van der Waals surface area contributed by atoms with E-state index in [4.69, 9.17) is 14.2 Å². The Kier molecular flexibility index (Phi) is 6.87. The van der Waals surface area contributed by atoms with Crippen LogP contribution in [0.2, 0.25) is 0 Å². The topological polar surface area (TPSA) is 132 Å². The molecule has 11 heteroatoms. The lowest BCUT2D eigenvalue weighted by molar-refractivity contribution is -0.384. The first kappa shape index (κ1) is 24.0. The molecule has 2 heterocycles. The predicted molar refractivity (Wildman–Crippen MR) is 126 cm³/mol. The number of non-ortho nitro benzene ring substituents is 1. The van der Waals surface area contributed by atoms with E-state index in [0.29, 0.717) is 36.4 Å². The Morgan fingerprint density at radius 3 is 2.54 bits per heavy atom. The van der Waals surface area contributed by atoms with E-state index < -0.39 is 23.3 Å². The fourth-order valence-electron chi connectivity index (χ4n) is 4.35. The molecule has 1 saturated heterocycles. The summed E-state index contributed by atoms with van der Waals surface area (Å²) in [5.74, 6) is 0.311. The van der Waals surface area contributed by atoms with Crippen molar-refractivity contribution in [2.75, 3.05) is 32.3 Å². The number of aliphatic hydroxyl groups is 1. The summed E-state index contributed by atoms with van der Waals surface area (Å²) >= 11 is 0. The average molecular weight is 483 g/mol. The van der Waals surface area contributed by atoms with Crippen LogP contribution in [0.4, 0.5) is 16.2 Å². The van der Waals surface area contributed by atoms with Crippen LogP contribution in [0.1, 0.15) is 28.8 Å². The van der Waals surface area contributed by atoms with Gasteiger partial charge in [-0.05, 0) is 42.7 Å². The molecule has 0 radical (unpaired) electrons. The molecule has 2 atom stereocenters. The summed E-state index contributed by atoms with van der Waals surface area (Å²) in [5, 5.41) is 21.9. The molecule has 0 bridgehead atoms. The zero-order chi connectivity index (χ0) is 25.1. The van der Waals surface area contributed by atoms with Gasteiger partial charge in [0.25, 0.3) is 11.6 Å². The Bertz CT molecular complexity index is 1160. The normalized spacial score (nSPS) is 19.2. The molecule has 35 heavy (non-hydrogen) atoms. The Morgan fingerprint density at radius 2 is 1.89 bits per heavy atom. The van der Waals surface area contributed by atoms with Crippen molar-refractivity contribution in [3.05, 3.63) is 63.7 Å². The number of fused-ring (bicyclic) bond motifs is 2. The number of rotatable bonds is 6. The third-order valence-electron chi connectivity index (χ3n) is 6.07. The second kappa shape index (κ2) is 10.0. The van der Waals surface area contributed by atoms with E-state index >= 15 is 0 Å². The minimum Gasteiger partial charge on any atom is -0.493 e. The maximum absolute atomic E-state index is 13.3. The van der Waals surface area contributed by atoms with E-state index in [1.165, 1.54) is 38.5 Å². The van der Waals surface area contributed by atoms with Gasteiger partial charge in [0.05, 0.1) is 36.4 Å². The van der Waals surface area contributed by atoms with Crippen LogP contribution < -0.4 is 14.4 Å². The fraction of sp³-hybridized carbons (Fsp3) is 0.333. The van der Waals surface area contributed by atoms with Crippen LogP contribution in [0.15, 0.2) is 42.5 Å². The summed E-state index contributed by atoms with van der Waals surface area (Å²) in [6.07, 6.45) is 2.33. The summed E-state index contributed by atoms with van der Waals surface area (Å²) in [6.45, 7) is 0.346. The molecular weight excluding hydrogens is 458 g/mol. The summed E-state index contributed by atoms with van der Waals surface area (Å²) in [6, 6.07) is 8.31. The Balaban J connectivity index is 1.58. The minimum absolute atomic E-state index is 0.0232. The molecule has 0 aliphatic carbocycles. The van der Waals surface area contributed by atoms with Crippen molar-refractivity contribution in [3.8, 4) is 11.5 Å². The van der Waals surface area contributed by atoms with Crippen molar-refractivity contribution in [2.45, 2.75) is 25.1 Å². The number of carbonyl (C=O) groups is 2. The van der Waals surface area contributed by atoms with Gasteiger partial charge < -0.3 is 24.2 Å². The third-order valence-corrected chi connectivity index (χ3v) is 6.07. The van der Waals surface area contributed by atoms with Crippen molar-refractivity contribution in [1.82, 2.24) is 4.90 Å². The van der Waals surface area contributed by atoms with Gasteiger partial charge in [0, 0.05) is 24.7 Å². The number of hydrogen-bond acceptors (Lipinski definition) is 8. The lowest BCUT2D eigenvalue weighted by atomic mass is 10.1. The van der Waals surface area contributed by atoms with Crippen LogP contribution in [0, 0.1) is 10.1 Å². The number of hydrogen-bond donors (Lipinski definition) is 1. The van der Waals surface area contributed by atoms with E-state index in [1.807, 2.05) is 0 Å². The van der Waals surface area contributed by atoms with Gasteiger partial charge in [-0.3, -0.25) is 14.9 Å². The SMILES string of the molecule is COc1cc2c(cc1OC)N(C(=O)OC/C=C/c1ccc([N+](=O)[O-])cc1)[C@@H](O)[C@@H]1CCCN1C2=O. The van der Waals surface area contributed by atoms with Crippen LogP contribution in [0.5, 0.6) is 11.5 Å². The molecule has 2 aliphatic heterocycles. The van der Waals surface area contributed by atoms with Gasteiger partial charge in [-0.25, -0.2) is 9.69 Å². The van der Waals surface area contributed by atoms with Gasteiger partial charge in [0.1, 0.15) is 6.61 Å². The number of ether oxygens (including phenoxy) is 3. The molecule has 0 unspecified atom stereocenters. The molecule has 2 amide bonds. The third kappa shape index (κ3) is 4.62. The van der Waals surface area contributed by atoms with Gasteiger partial charge in [-0.15, -0.1) is 0 Å². The van der Waals surface area contributed by atoms with E-state index in [0.717, 1.165) is 4.90 Å². The van der Waals surface area contributed by atoms with Crippen LogP contribution in [-0.4, -0.2) is 66.6 Å². The predicted octanol–water partition coefficient (Wildman–Crippen LogP) is 3.21. The highest BCUT2D eigenvalue weighted by atomic mass is 16.6. The molecule has 11 nitrogen and oxygen atoms in total. The van der Waals surface area contributed by atoms with Gasteiger partial charge >= 0.3 is 6.09 Å². The number of aliphatic hydroxyl groups excluding tert-OH is 1. The summed E-state index contributed by atoms with van der Waals surface area (Å²) in [5.41, 5.74) is 1.03. The molecular formula is C24H25N3O8. The van der Waals surface area contributed by atoms with Crippen molar-refractivity contribution >= 4 is 29.5 Å². The molecule has 1 N–H and O–H groups in total. The number of nitro groups is 1. The van der Waals surface area contributed by atoms with Crippen LogP contribution in [0.25, 0.3) is 6.08 Å². The Morgan fingerprint density at radius 1 is 1.20 bits per heavy atom. The molecule has 4 rings (SSSR count). The molecule has 1 fully saturated rings. The van der Waals surface area contributed by atoms with E-state index in [-0.39, 0.29) is 29.5 Å². The van der Waals surface area contributed by atoms with Crippen molar-refractivity contribution in [3.63, 3.8) is 0 Å². The fourth-order valence-corrected chi connectivity index (χ4v) is 4.35. The average Bonchev–Trinajstić information content (AvgIpc) is 3.33. The van der Waals surface area contributed by atoms with Gasteiger partial charge in [-0.2, -0.15) is 0 Å². The molecule has 184 valence electrons. The van der Waals surface area contributed by atoms with Gasteiger partial charge in [0.2, 0.25) is 0 Å². The number of benzene rings is 2. The lowest BCUT2D eigenvalue weighted by Gasteiger charge is -2.31. The van der Waals surface area contributed by atoms with Crippen LogP contribution in [-0.2, 0) is 4.74 Å². The number of amides is 2. The molecule has 0 saturated carbocycles. The van der Waals surface area contributed by atoms with Crippen LogP contribution in [0.3, 0.4) is 0 Å². The number of anilines is 1. The summed E-state index contributed by atoms with van der Waals surface area (Å²) in [7, 11) is 2.88. The number of methoxy groups -OCH3 is 2. The van der Waals surface area contributed by atoms with Crippen molar-refractivity contribution < 1.29 is 33.8 Å². The second-order valence-electron chi connectivity index (χ2n) is 8.04. The molecule has 0 spiro atoms. The lowest BCUT2D eigenvalue weighted by Crippen LogP contribution is -2.50. The largest absolute Gasteiger partial charge is 0.493 e. The van der Waals surface area contributed by atoms with Crippen LogP contribution >= 0.6 is 0 Å². The van der Waals surface area contributed by atoms with E-state index in [1.54, 1.807) is 29.2 Å². The first-order valence-electron chi connectivity index (χ1n) is 11.0. The zero-order valence-electron chi connectivity index (χ0n) is 19.2. The standard InChI is InChI=1S/C24H25N3O8/c1-33-20-13-17-19(14-21(20)34-2)26(23(29)18-6-3-11-25(18)22(17)28)24(30)35-12-4-5-15-7-9-16(10-8-15)27(31)32/h4-5,7-10,13-14,18,23,29H,3,6,11-12H2,1-2H3/b5-4+/t18-,23-/m0/s1. The molecule has 0 aromatic heterocycles. The molecule has 2 aromatic carbocycles. The Hall–Kier alpha value is -4.12. The monoisotopic (exact) mass is 483 g/mol. The quantitative estimate of drug-likeness (QED) is 0.489. The maximum atomic E-state index is 13.3.